The largest absolute Gasteiger partial charge is 0.497 e. The summed E-state index contributed by atoms with van der Waals surface area (Å²) in [6.07, 6.45) is 1.99. The van der Waals surface area contributed by atoms with Crippen molar-refractivity contribution in [2.24, 2.45) is 0 Å². The summed E-state index contributed by atoms with van der Waals surface area (Å²) < 4.78 is 17.3. The number of fused-ring (bicyclic) bond motifs is 2. The van der Waals surface area contributed by atoms with Crippen molar-refractivity contribution in [1.29, 1.82) is 0 Å². The molecule has 1 unspecified atom stereocenters. The Kier molecular flexibility index (Phi) is 2.59. The molecule has 96 valence electrons. The molecular formula is C15H18O3. The van der Waals surface area contributed by atoms with Crippen LogP contribution >= 0.6 is 0 Å². The normalized spacial score (nSPS) is 30.1. The van der Waals surface area contributed by atoms with Gasteiger partial charge in [-0.05, 0) is 43.5 Å². The Balaban J connectivity index is 2.06. The van der Waals surface area contributed by atoms with Gasteiger partial charge < -0.3 is 14.2 Å². The third kappa shape index (κ3) is 1.62. The molecule has 0 N–H and O–H groups in total. The quantitative estimate of drug-likeness (QED) is 0.762. The highest BCUT2D eigenvalue weighted by Gasteiger charge is 2.45. The van der Waals surface area contributed by atoms with Crippen molar-refractivity contribution in [3.8, 4) is 11.5 Å². The summed E-state index contributed by atoms with van der Waals surface area (Å²) >= 11 is 0. The maximum absolute atomic E-state index is 6.15. The predicted molar refractivity (Wildman–Crippen MR) is 70.0 cm³/mol. The van der Waals surface area contributed by atoms with Crippen molar-refractivity contribution in [1.82, 2.24) is 0 Å². The summed E-state index contributed by atoms with van der Waals surface area (Å²) in [6, 6.07) is 5.84. The molecule has 0 saturated carbocycles. The Hall–Kier alpha value is -1.48. The number of hydrogen-bond acceptors (Lipinski definition) is 3. The fourth-order valence-electron chi connectivity index (χ4n) is 2.87. The van der Waals surface area contributed by atoms with Gasteiger partial charge in [0.2, 0.25) is 0 Å². The fourth-order valence-corrected chi connectivity index (χ4v) is 2.87. The smallest absolute Gasteiger partial charge is 0.136 e. The Morgan fingerprint density at radius 3 is 3.06 bits per heavy atom. The Bertz CT molecular complexity index is 495. The molecule has 2 aliphatic rings. The first-order valence-corrected chi connectivity index (χ1v) is 6.32. The molecule has 0 amide bonds. The van der Waals surface area contributed by atoms with E-state index < -0.39 is 0 Å². The van der Waals surface area contributed by atoms with Gasteiger partial charge in [-0.25, -0.2) is 0 Å². The van der Waals surface area contributed by atoms with Gasteiger partial charge in [0.1, 0.15) is 23.2 Å². The van der Waals surface area contributed by atoms with Crippen LogP contribution in [0.4, 0.5) is 0 Å². The van der Waals surface area contributed by atoms with E-state index in [2.05, 4.69) is 13.5 Å². The van der Waals surface area contributed by atoms with Crippen molar-refractivity contribution in [2.75, 3.05) is 13.7 Å². The molecule has 2 atom stereocenters. The van der Waals surface area contributed by atoms with Crippen molar-refractivity contribution in [3.63, 3.8) is 0 Å². The van der Waals surface area contributed by atoms with E-state index in [1.54, 1.807) is 7.11 Å². The maximum Gasteiger partial charge on any atom is 0.136 e. The second-order valence-electron chi connectivity index (χ2n) is 5.16. The zero-order valence-electron chi connectivity index (χ0n) is 10.9. The lowest BCUT2D eigenvalue weighted by atomic mass is 9.81. The molecule has 1 aromatic carbocycles. The highest BCUT2D eigenvalue weighted by Crippen LogP contribution is 2.45. The zero-order valence-corrected chi connectivity index (χ0v) is 10.9. The number of hydrogen-bond donors (Lipinski definition) is 0. The molecule has 18 heavy (non-hydrogen) atoms. The average molecular weight is 246 g/mol. The second-order valence-corrected chi connectivity index (χ2v) is 5.16. The maximum atomic E-state index is 6.15. The summed E-state index contributed by atoms with van der Waals surface area (Å²) in [4.78, 5) is 0. The van der Waals surface area contributed by atoms with Crippen LogP contribution in [0.3, 0.4) is 0 Å². The summed E-state index contributed by atoms with van der Waals surface area (Å²) in [5.41, 5.74) is 1.72. The van der Waals surface area contributed by atoms with E-state index >= 15 is 0 Å². The standard InChI is InChI=1S/C15H18O3/c1-10-12-9-11(16-3)5-6-13(12)18-15(2)7-4-8-17-14(10)15/h5-6,9,14H,1,4,7-8H2,2-3H3/t14-,15?/m1/s1. The van der Waals surface area contributed by atoms with Gasteiger partial charge in [-0.1, -0.05) is 6.58 Å². The summed E-state index contributed by atoms with van der Waals surface area (Å²) in [7, 11) is 1.66. The monoisotopic (exact) mass is 246 g/mol. The molecule has 0 aromatic heterocycles. The highest BCUT2D eigenvalue weighted by atomic mass is 16.6. The van der Waals surface area contributed by atoms with Crippen LogP contribution in [-0.2, 0) is 4.74 Å². The first kappa shape index (κ1) is 11.6. The molecule has 1 aromatic rings. The van der Waals surface area contributed by atoms with Crippen LogP contribution in [0.5, 0.6) is 11.5 Å². The molecule has 0 radical (unpaired) electrons. The van der Waals surface area contributed by atoms with Crippen LogP contribution in [0.2, 0.25) is 0 Å². The molecule has 0 bridgehead atoms. The van der Waals surface area contributed by atoms with Crippen molar-refractivity contribution >= 4 is 5.57 Å². The van der Waals surface area contributed by atoms with Crippen molar-refractivity contribution in [2.45, 2.75) is 31.5 Å². The van der Waals surface area contributed by atoms with E-state index in [9.17, 15) is 0 Å². The Morgan fingerprint density at radius 2 is 2.28 bits per heavy atom. The van der Waals surface area contributed by atoms with Crippen LogP contribution in [0, 0.1) is 0 Å². The lowest BCUT2D eigenvalue weighted by Gasteiger charge is -2.46. The third-order valence-corrected chi connectivity index (χ3v) is 3.85. The number of rotatable bonds is 1. The zero-order chi connectivity index (χ0) is 12.8. The van der Waals surface area contributed by atoms with E-state index in [1.165, 1.54) is 0 Å². The molecule has 2 aliphatic heterocycles. The van der Waals surface area contributed by atoms with Gasteiger partial charge in [0.25, 0.3) is 0 Å². The van der Waals surface area contributed by atoms with Gasteiger partial charge in [0.05, 0.1) is 7.11 Å². The van der Waals surface area contributed by atoms with Crippen LogP contribution in [0.1, 0.15) is 25.3 Å². The average Bonchev–Trinajstić information content (AvgIpc) is 2.38. The van der Waals surface area contributed by atoms with Crippen molar-refractivity contribution < 1.29 is 14.2 Å². The molecule has 0 spiro atoms. The molecule has 1 saturated heterocycles. The van der Waals surface area contributed by atoms with Crippen molar-refractivity contribution in [3.05, 3.63) is 30.3 Å². The predicted octanol–water partition coefficient (Wildman–Crippen LogP) is 3.04. The molecule has 0 aliphatic carbocycles. The lowest BCUT2D eigenvalue weighted by molar-refractivity contribution is -0.0971. The topological polar surface area (TPSA) is 27.7 Å². The number of methoxy groups -OCH3 is 1. The van der Waals surface area contributed by atoms with E-state index in [0.717, 1.165) is 42.1 Å². The minimum atomic E-state index is -0.281. The van der Waals surface area contributed by atoms with E-state index in [1.807, 2.05) is 18.2 Å². The minimum absolute atomic E-state index is 0.0501. The summed E-state index contributed by atoms with van der Waals surface area (Å²) in [5.74, 6) is 1.70. The summed E-state index contributed by atoms with van der Waals surface area (Å²) in [5, 5.41) is 0. The van der Waals surface area contributed by atoms with Gasteiger partial charge in [0, 0.05) is 12.2 Å². The summed E-state index contributed by atoms with van der Waals surface area (Å²) in [6.45, 7) is 7.09. The van der Waals surface area contributed by atoms with Crippen LogP contribution < -0.4 is 9.47 Å². The molecule has 3 nitrogen and oxygen atoms in total. The van der Waals surface area contributed by atoms with Gasteiger partial charge in [-0.3, -0.25) is 0 Å². The van der Waals surface area contributed by atoms with Gasteiger partial charge >= 0.3 is 0 Å². The first-order valence-electron chi connectivity index (χ1n) is 6.32. The molecule has 2 heterocycles. The van der Waals surface area contributed by atoms with Gasteiger partial charge in [0.15, 0.2) is 0 Å². The van der Waals surface area contributed by atoms with E-state index in [0.29, 0.717) is 0 Å². The fraction of sp³-hybridized carbons (Fsp3) is 0.467. The Labute approximate surface area is 107 Å². The first-order chi connectivity index (χ1) is 8.64. The Morgan fingerprint density at radius 1 is 1.44 bits per heavy atom. The molecule has 1 fully saturated rings. The number of ether oxygens (including phenoxy) is 3. The second kappa shape index (κ2) is 4.02. The van der Waals surface area contributed by atoms with E-state index in [4.69, 9.17) is 14.2 Å². The van der Waals surface area contributed by atoms with Crippen LogP contribution in [0.25, 0.3) is 5.57 Å². The SMILES string of the molecule is C=C1c2cc(OC)ccc2OC2(C)CCCO[C@H]12. The number of benzene rings is 1. The molecular weight excluding hydrogens is 228 g/mol. The minimum Gasteiger partial charge on any atom is -0.497 e. The lowest BCUT2D eigenvalue weighted by Crippen LogP contribution is -2.52. The molecule has 3 heteroatoms. The van der Waals surface area contributed by atoms with E-state index in [-0.39, 0.29) is 11.7 Å². The molecule has 3 rings (SSSR count). The van der Waals surface area contributed by atoms with Crippen LogP contribution in [0.15, 0.2) is 24.8 Å². The third-order valence-electron chi connectivity index (χ3n) is 3.85. The van der Waals surface area contributed by atoms with Gasteiger partial charge in [-0.15, -0.1) is 0 Å². The highest BCUT2D eigenvalue weighted by molar-refractivity contribution is 5.75. The van der Waals surface area contributed by atoms with Crippen LogP contribution in [-0.4, -0.2) is 25.4 Å². The van der Waals surface area contributed by atoms with Gasteiger partial charge in [-0.2, -0.15) is 0 Å².